The van der Waals surface area contributed by atoms with Crippen molar-refractivity contribution in [2.45, 2.75) is 12.8 Å². The third kappa shape index (κ3) is 2.86. The summed E-state index contributed by atoms with van der Waals surface area (Å²) in [5.74, 6) is -0.0440. The zero-order chi connectivity index (χ0) is 16.5. The first kappa shape index (κ1) is 14.4. The molecule has 0 saturated heterocycles. The van der Waals surface area contributed by atoms with E-state index in [-0.39, 0.29) is 17.7 Å². The molecule has 24 heavy (non-hydrogen) atoms. The van der Waals surface area contributed by atoms with Crippen molar-refractivity contribution < 1.29 is 9.59 Å². The highest BCUT2D eigenvalue weighted by molar-refractivity contribution is 6.12. The number of H-pyrrole nitrogens is 1. The van der Waals surface area contributed by atoms with Gasteiger partial charge in [-0.25, -0.2) is 0 Å². The fourth-order valence-corrected chi connectivity index (χ4v) is 2.62. The van der Waals surface area contributed by atoms with E-state index in [1.165, 1.54) is 0 Å². The zero-order valence-corrected chi connectivity index (χ0v) is 12.9. The maximum atomic E-state index is 12.5. The van der Waals surface area contributed by atoms with Gasteiger partial charge >= 0.3 is 0 Å². The van der Waals surface area contributed by atoms with Crippen LogP contribution in [0.15, 0.2) is 48.7 Å². The standard InChI is InChI=1S/C18H16N4O2/c23-17(11-7-8-11)20-13-4-2-5-14(9-13)21-18(24)15-6-1-3-12-10-19-22-16(12)15/h1-6,9-11H,7-8H2,(H,19,22)(H,20,23)(H,21,24). The third-order valence-corrected chi connectivity index (χ3v) is 4.06. The van der Waals surface area contributed by atoms with Gasteiger partial charge in [0, 0.05) is 22.7 Å². The summed E-state index contributed by atoms with van der Waals surface area (Å²) in [6, 6.07) is 12.6. The number of para-hydroxylation sites is 1. The van der Waals surface area contributed by atoms with Gasteiger partial charge in [0.25, 0.3) is 5.91 Å². The number of aromatic amines is 1. The number of hydrogen-bond donors (Lipinski definition) is 3. The topological polar surface area (TPSA) is 86.9 Å². The maximum Gasteiger partial charge on any atom is 0.257 e. The number of fused-ring (bicyclic) bond motifs is 1. The van der Waals surface area contributed by atoms with E-state index in [9.17, 15) is 9.59 Å². The monoisotopic (exact) mass is 320 g/mol. The number of rotatable bonds is 4. The number of nitrogens with zero attached hydrogens (tertiary/aromatic N) is 1. The number of hydrogen-bond acceptors (Lipinski definition) is 3. The van der Waals surface area contributed by atoms with Gasteiger partial charge in [-0.05, 0) is 37.1 Å². The molecular formula is C18H16N4O2. The summed E-state index contributed by atoms with van der Waals surface area (Å²) in [7, 11) is 0. The van der Waals surface area contributed by atoms with Crippen molar-refractivity contribution in [3.8, 4) is 0 Å². The van der Waals surface area contributed by atoms with Crippen LogP contribution in [0.5, 0.6) is 0 Å². The lowest BCUT2D eigenvalue weighted by Gasteiger charge is -2.09. The second-order valence-corrected chi connectivity index (χ2v) is 5.94. The summed E-state index contributed by atoms with van der Waals surface area (Å²) < 4.78 is 0. The van der Waals surface area contributed by atoms with Crippen molar-refractivity contribution in [1.29, 1.82) is 0 Å². The third-order valence-electron chi connectivity index (χ3n) is 4.06. The lowest BCUT2D eigenvalue weighted by Crippen LogP contribution is -2.15. The summed E-state index contributed by atoms with van der Waals surface area (Å²) in [6.45, 7) is 0. The Morgan fingerprint density at radius 1 is 1.04 bits per heavy atom. The highest BCUT2D eigenvalue weighted by Crippen LogP contribution is 2.30. The summed E-state index contributed by atoms with van der Waals surface area (Å²) in [5.41, 5.74) is 2.54. The van der Waals surface area contributed by atoms with Gasteiger partial charge in [-0.3, -0.25) is 14.7 Å². The molecule has 1 saturated carbocycles. The molecule has 0 spiro atoms. The molecular weight excluding hydrogens is 304 g/mol. The molecule has 1 heterocycles. The van der Waals surface area contributed by atoms with Gasteiger partial charge in [-0.15, -0.1) is 0 Å². The van der Waals surface area contributed by atoms with Crippen LogP contribution >= 0.6 is 0 Å². The van der Waals surface area contributed by atoms with Gasteiger partial charge in [0.2, 0.25) is 5.91 Å². The fourth-order valence-electron chi connectivity index (χ4n) is 2.62. The second-order valence-electron chi connectivity index (χ2n) is 5.94. The van der Waals surface area contributed by atoms with Crippen molar-refractivity contribution >= 4 is 34.1 Å². The Balaban J connectivity index is 1.53. The second kappa shape index (κ2) is 5.81. The number of amides is 2. The largest absolute Gasteiger partial charge is 0.326 e. The molecule has 1 aliphatic carbocycles. The predicted molar refractivity (Wildman–Crippen MR) is 91.8 cm³/mol. The van der Waals surface area contributed by atoms with Gasteiger partial charge in [0.1, 0.15) is 0 Å². The van der Waals surface area contributed by atoms with E-state index in [2.05, 4.69) is 20.8 Å². The van der Waals surface area contributed by atoms with Crippen LogP contribution in [0.2, 0.25) is 0 Å². The van der Waals surface area contributed by atoms with Gasteiger partial charge in [0.05, 0.1) is 17.3 Å². The fraction of sp³-hybridized carbons (Fsp3) is 0.167. The zero-order valence-electron chi connectivity index (χ0n) is 12.9. The summed E-state index contributed by atoms with van der Waals surface area (Å²) in [6.07, 6.45) is 3.59. The quantitative estimate of drug-likeness (QED) is 0.690. The Bertz CT molecular complexity index is 927. The molecule has 2 aromatic carbocycles. The van der Waals surface area contributed by atoms with E-state index in [1.54, 1.807) is 30.5 Å². The van der Waals surface area contributed by atoms with Gasteiger partial charge in [0.15, 0.2) is 0 Å². The first-order valence-electron chi connectivity index (χ1n) is 7.85. The van der Waals surface area contributed by atoms with Crippen molar-refractivity contribution in [3.63, 3.8) is 0 Å². The molecule has 0 atom stereocenters. The first-order chi connectivity index (χ1) is 11.7. The minimum absolute atomic E-state index is 0.0423. The molecule has 3 aromatic rings. The highest BCUT2D eigenvalue weighted by Gasteiger charge is 2.29. The van der Waals surface area contributed by atoms with Crippen LogP contribution in [-0.2, 0) is 4.79 Å². The van der Waals surface area contributed by atoms with Crippen LogP contribution in [0.4, 0.5) is 11.4 Å². The molecule has 6 heteroatoms. The molecule has 1 aliphatic rings. The van der Waals surface area contributed by atoms with Crippen LogP contribution in [0.3, 0.4) is 0 Å². The number of carbonyl (C=O) groups excluding carboxylic acids is 2. The summed E-state index contributed by atoms with van der Waals surface area (Å²) >= 11 is 0. The molecule has 3 N–H and O–H groups in total. The van der Waals surface area contributed by atoms with Crippen LogP contribution in [0.25, 0.3) is 10.9 Å². The van der Waals surface area contributed by atoms with Crippen LogP contribution < -0.4 is 10.6 Å². The van der Waals surface area contributed by atoms with E-state index in [1.807, 2.05) is 18.2 Å². The van der Waals surface area contributed by atoms with Crippen molar-refractivity contribution in [3.05, 3.63) is 54.2 Å². The minimum Gasteiger partial charge on any atom is -0.326 e. The SMILES string of the molecule is O=C(Nc1cccc(NC(=O)C2CC2)c1)c1cccc2cn[nH]c12. The number of nitrogens with one attached hydrogen (secondary N) is 3. The number of benzene rings is 2. The maximum absolute atomic E-state index is 12.5. The van der Waals surface area contributed by atoms with Crippen molar-refractivity contribution in [1.82, 2.24) is 10.2 Å². The van der Waals surface area contributed by atoms with Crippen molar-refractivity contribution in [2.24, 2.45) is 5.92 Å². The van der Waals surface area contributed by atoms with Gasteiger partial charge in [-0.1, -0.05) is 18.2 Å². The van der Waals surface area contributed by atoms with Crippen LogP contribution in [-0.4, -0.2) is 22.0 Å². The molecule has 0 unspecified atom stereocenters. The molecule has 120 valence electrons. The van der Waals surface area contributed by atoms with E-state index >= 15 is 0 Å². The molecule has 6 nitrogen and oxygen atoms in total. The molecule has 2 amide bonds. The number of anilines is 2. The molecule has 4 rings (SSSR count). The van der Waals surface area contributed by atoms with Gasteiger partial charge in [-0.2, -0.15) is 5.10 Å². The average molecular weight is 320 g/mol. The van der Waals surface area contributed by atoms with Gasteiger partial charge < -0.3 is 10.6 Å². The summed E-state index contributed by atoms with van der Waals surface area (Å²) in [5, 5.41) is 13.4. The molecule has 1 fully saturated rings. The van der Waals surface area contributed by atoms with Crippen LogP contribution in [0.1, 0.15) is 23.2 Å². The van der Waals surface area contributed by atoms with E-state index in [0.29, 0.717) is 22.5 Å². The normalized spacial score (nSPS) is 13.7. The van der Waals surface area contributed by atoms with E-state index < -0.39 is 0 Å². The molecule has 0 aliphatic heterocycles. The average Bonchev–Trinajstić information content (AvgIpc) is 3.32. The van der Waals surface area contributed by atoms with Crippen molar-refractivity contribution in [2.75, 3.05) is 10.6 Å². The predicted octanol–water partition coefficient (Wildman–Crippen LogP) is 3.16. The Kier molecular flexibility index (Phi) is 3.49. The molecule has 0 radical (unpaired) electrons. The lowest BCUT2D eigenvalue weighted by atomic mass is 10.1. The summed E-state index contributed by atoms with van der Waals surface area (Å²) in [4.78, 5) is 24.4. The van der Waals surface area contributed by atoms with E-state index in [0.717, 1.165) is 18.2 Å². The first-order valence-corrected chi connectivity index (χ1v) is 7.85. The molecule has 1 aromatic heterocycles. The minimum atomic E-state index is -0.226. The number of carbonyl (C=O) groups is 2. The highest BCUT2D eigenvalue weighted by atomic mass is 16.2. The molecule has 0 bridgehead atoms. The lowest BCUT2D eigenvalue weighted by molar-refractivity contribution is -0.117. The Hall–Kier alpha value is -3.15. The smallest absolute Gasteiger partial charge is 0.257 e. The Morgan fingerprint density at radius 2 is 1.79 bits per heavy atom. The van der Waals surface area contributed by atoms with Crippen LogP contribution in [0, 0.1) is 5.92 Å². The number of aromatic nitrogens is 2. The van der Waals surface area contributed by atoms with E-state index in [4.69, 9.17) is 0 Å². The Labute approximate surface area is 138 Å². The Morgan fingerprint density at radius 3 is 2.58 bits per heavy atom.